The summed E-state index contributed by atoms with van der Waals surface area (Å²) in [4.78, 5) is 12.1. The minimum Gasteiger partial charge on any atom is -0.303 e. The Labute approximate surface area is 127 Å². The number of hydrogen-bond donors (Lipinski definition) is 0. The van der Waals surface area contributed by atoms with E-state index in [-0.39, 0.29) is 10.8 Å². The number of hydrogen-bond acceptors (Lipinski definition) is 4. The normalized spacial score (nSPS) is 13.1. The summed E-state index contributed by atoms with van der Waals surface area (Å²) >= 11 is 7.36. The third-order valence-electron chi connectivity index (χ3n) is 2.98. The van der Waals surface area contributed by atoms with Gasteiger partial charge in [0.15, 0.2) is 9.84 Å². The van der Waals surface area contributed by atoms with Crippen LogP contribution in [0.2, 0.25) is 4.34 Å². The molecule has 0 spiro atoms. The van der Waals surface area contributed by atoms with Crippen molar-refractivity contribution in [3.05, 3.63) is 51.2 Å². The molecule has 0 aliphatic rings. The highest BCUT2D eigenvalue weighted by Crippen LogP contribution is 2.34. The first-order valence-corrected chi connectivity index (χ1v) is 8.99. The van der Waals surface area contributed by atoms with Gasteiger partial charge < -0.3 is 4.79 Å². The van der Waals surface area contributed by atoms with Gasteiger partial charge in [-0.25, -0.2) is 8.42 Å². The molecule has 0 radical (unpaired) electrons. The summed E-state index contributed by atoms with van der Waals surface area (Å²) in [6.07, 6.45) is 2.38. The lowest BCUT2D eigenvalue weighted by atomic mass is 9.95. The molecule has 0 amide bonds. The molecule has 2 aromatic rings. The molecule has 3 nitrogen and oxygen atoms in total. The molecule has 6 heteroatoms. The number of carbonyl (C=O) groups excluding carboxylic acids is 1. The molecule has 0 N–H and O–H groups in total. The summed E-state index contributed by atoms with van der Waals surface area (Å²) in [5.41, 5.74) is 0.906. The third-order valence-corrected chi connectivity index (χ3v) is 5.45. The van der Waals surface area contributed by atoms with E-state index in [0.717, 1.165) is 16.7 Å². The maximum absolute atomic E-state index is 11.4. The van der Waals surface area contributed by atoms with E-state index in [9.17, 15) is 13.2 Å². The van der Waals surface area contributed by atoms with Crippen LogP contribution in [0, 0.1) is 0 Å². The standard InChI is InChI=1S/C14H13ClO3S2/c1-20(17,18)11-4-2-10(3-5-11)12(8-9-16)13-6-7-14(15)19-13/h2-7,9,12H,8H2,1H3. The highest BCUT2D eigenvalue weighted by molar-refractivity contribution is 7.90. The number of carbonyl (C=O) groups is 1. The summed E-state index contributed by atoms with van der Waals surface area (Å²) in [5.74, 6) is -0.0846. The maximum Gasteiger partial charge on any atom is 0.175 e. The van der Waals surface area contributed by atoms with E-state index in [1.54, 1.807) is 30.3 Å². The average molecular weight is 329 g/mol. The van der Waals surface area contributed by atoms with E-state index >= 15 is 0 Å². The van der Waals surface area contributed by atoms with Gasteiger partial charge in [0.1, 0.15) is 6.29 Å². The second-order valence-corrected chi connectivity index (χ2v) is 8.20. The molecule has 2 rings (SSSR count). The van der Waals surface area contributed by atoms with Crippen LogP contribution in [0.1, 0.15) is 22.8 Å². The topological polar surface area (TPSA) is 51.2 Å². The zero-order valence-corrected chi connectivity index (χ0v) is 13.1. The Kier molecular flexibility index (Phi) is 4.62. The highest BCUT2D eigenvalue weighted by atomic mass is 35.5. The average Bonchev–Trinajstić information content (AvgIpc) is 2.81. The first kappa shape index (κ1) is 15.2. The van der Waals surface area contributed by atoms with Crippen LogP contribution in [0.25, 0.3) is 0 Å². The Bertz CT molecular complexity index is 702. The van der Waals surface area contributed by atoms with Crippen LogP contribution in [-0.2, 0) is 14.6 Å². The minimum atomic E-state index is -3.21. The van der Waals surface area contributed by atoms with Crippen molar-refractivity contribution in [3.8, 4) is 0 Å². The summed E-state index contributed by atoms with van der Waals surface area (Å²) in [6.45, 7) is 0. The van der Waals surface area contributed by atoms with E-state index in [1.807, 2.05) is 6.07 Å². The molecule has 0 saturated carbocycles. The SMILES string of the molecule is CS(=O)(=O)c1ccc(C(CC=O)c2ccc(Cl)s2)cc1. The van der Waals surface area contributed by atoms with Gasteiger partial charge in [-0.15, -0.1) is 11.3 Å². The molecule has 1 unspecified atom stereocenters. The number of thiophene rings is 1. The predicted molar refractivity (Wildman–Crippen MR) is 81.4 cm³/mol. The molecule has 0 saturated heterocycles. The van der Waals surface area contributed by atoms with Crippen LogP contribution in [0.15, 0.2) is 41.3 Å². The molecule has 0 aliphatic carbocycles. The largest absolute Gasteiger partial charge is 0.303 e. The molecule has 20 heavy (non-hydrogen) atoms. The lowest BCUT2D eigenvalue weighted by molar-refractivity contribution is -0.108. The van der Waals surface area contributed by atoms with Crippen molar-refractivity contribution in [2.75, 3.05) is 6.26 Å². The summed E-state index contributed by atoms with van der Waals surface area (Å²) in [6, 6.07) is 10.3. The minimum absolute atomic E-state index is 0.0846. The molecule has 1 heterocycles. The van der Waals surface area contributed by atoms with Gasteiger partial charge in [-0.1, -0.05) is 23.7 Å². The number of benzene rings is 1. The van der Waals surface area contributed by atoms with Crippen molar-refractivity contribution in [1.29, 1.82) is 0 Å². The lowest BCUT2D eigenvalue weighted by Gasteiger charge is -2.13. The fourth-order valence-electron chi connectivity index (χ4n) is 1.98. The zero-order chi connectivity index (χ0) is 14.8. The van der Waals surface area contributed by atoms with Crippen LogP contribution in [-0.4, -0.2) is 21.0 Å². The van der Waals surface area contributed by atoms with Crippen LogP contribution in [0.4, 0.5) is 0 Å². The van der Waals surface area contributed by atoms with Gasteiger partial charge in [0.05, 0.1) is 9.23 Å². The number of rotatable bonds is 5. The van der Waals surface area contributed by atoms with E-state index in [2.05, 4.69) is 0 Å². The third kappa shape index (κ3) is 3.48. The van der Waals surface area contributed by atoms with E-state index in [4.69, 9.17) is 11.6 Å². The van der Waals surface area contributed by atoms with Gasteiger partial charge in [-0.05, 0) is 29.8 Å². The van der Waals surface area contributed by atoms with Crippen molar-refractivity contribution in [2.24, 2.45) is 0 Å². The molecular weight excluding hydrogens is 316 g/mol. The molecule has 0 fully saturated rings. The smallest absolute Gasteiger partial charge is 0.175 e. The van der Waals surface area contributed by atoms with E-state index < -0.39 is 9.84 Å². The Morgan fingerprint density at radius 1 is 1.20 bits per heavy atom. The second-order valence-electron chi connectivity index (χ2n) is 4.44. The van der Waals surface area contributed by atoms with Crippen molar-refractivity contribution < 1.29 is 13.2 Å². The van der Waals surface area contributed by atoms with Gasteiger partial charge >= 0.3 is 0 Å². The number of sulfone groups is 1. The molecule has 1 atom stereocenters. The quantitative estimate of drug-likeness (QED) is 0.789. The van der Waals surface area contributed by atoms with Gasteiger partial charge in [0, 0.05) is 23.5 Å². The highest BCUT2D eigenvalue weighted by Gasteiger charge is 2.17. The molecular formula is C14H13ClO3S2. The monoisotopic (exact) mass is 328 g/mol. The fraction of sp³-hybridized carbons (Fsp3) is 0.214. The Morgan fingerprint density at radius 2 is 1.85 bits per heavy atom. The molecule has 0 aliphatic heterocycles. The maximum atomic E-state index is 11.4. The summed E-state index contributed by atoms with van der Waals surface area (Å²) in [5, 5.41) is 0. The van der Waals surface area contributed by atoms with Crippen molar-refractivity contribution >= 4 is 39.1 Å². The van der Waals surface area contributed by atoms with Gasteiger partial charge in [0.2, 0.25) is 0 Å². The Morgan fingerprint density at radius 3 is 2.30 bits per heavy atom. The fourth-order valence-corrected chi connectivity index (χ4v) is 3.81. The van der Waals surface area contributed by atoms with E-state index in [0.29, 0.717) is 10.8 Å². The van der Waals surface area contributed by atoms with Crippen molar-refractivity contribution in [1.82, 2.24) is 0 Å². The lowest BCUT2D eigenvalue weighted by Crippen LogP contribution is -2.02. The first-order chi connectivity index (χ1) is 9.41. The number of halogens is 1. The summed E-state index contributed by atoms with van der Waals surface area (Å²) in [7, 11) is -3.21. The van der Waals surface area contributed by atoms with Crippen molar-refractivity contribution in [3.63, 3.8) is 0 Å². The predicted octanol–water partition coefficient (Wildman–Crippen LogP) is 3.53. The first-order valence-electron chi connectivity index (χ1n) is 5.90. The number of aldehydes is 1. The summed E-state index contributed by atoms with van der Waals surface area (Å²) < 4.78 is 23.6. The van der Waals surface area contributed by atoms with Crippen LogP contribution in [0.3, 0.4) is 0 Å². The molecule has 0 bridgehead atoms. The van der Waals surface area contributed by atoms with Crippen LogP contribution < -0.4 is 0 Å². The second kappa shape index (κ2) is 6.08. The van der Waals surface area contributed by atoms with Gasteiger partial charge in [-0.2, -0.15) is 0 Å². The van der Waals surface area contributed by atoms with Gasteiger partial charge in [-0.3, -0.25) is 0 Å². The van der Waals surface area contributed by atoms with Crippen LogP contribution >= 0.6 is 22.9 Å². The Hall–Kier alpha value is -1.17. The Balaban J connectivity index is 2.37. The van der Waals surface area contributed by atoms with E-state index in [1.165, 1.54) is 17.6 Å². The van der Waals surface area contributed by atoms with Gasteiger partial charge in [0.25, 0.3) is 0 Å². The molecule has 1 aromatic carbocycles. The zero-order valence-electron chi connectivity index (χ0n) is 10.7. The van der Waals surface area contributed by atoms with Crippen molar-refractivity contribution in [2.45, 2.75) is 17.2 Å². The van der Waals surface area contributed by atoms with Crippen LogP contribution in [0.5, 0.6) is 0 Å². The molecule has 106 valence electrons. The molecule has 1 aromatic heterocycles.